The number of aliphatic hydroxyl groups excluding tert-OH is 1. The molecule has 0 spiro atoms. The van der Waals surface area contributed by atoms with Gasteiger partial charge in [-0.25, -0.2) is 4.98 Å². The highest BCUT2D eigenvalue weighted by atomic mass is 16.5. The molecule has 1 fully saturated rings. The Hall–Kier alpha value is -2.11. The van der Waals surface area contributed by atoms with Crippen molar-refractivity contribution in [3.05, 3.63) is 54.2 Å². The lowest BCUT2D eigenvalue weighted by Gasteiger charge is -2.32. The zero-order chi connectivity index (χ0) is 16.8. The molecule has 0 aliphatic carbocycles. The predicted octanol–water partition coefficient (Wildman–Crippen LogP) is 1.37. The summed E-state index contributed by atoms with van der Waals surface area (Å²) in [5.74, 6) is 2.00. The van der Waals surface area contributed by atoms with E-state index in [2.05, 4.69) is 20.9 Å². The van der Waals surface area contributed by atoms with Gasteiger partial charge >= 0.3 is 0 Å². The molecule has 0 bridgehead atoms. The first-order valence-electron chi connectivity index (χ1n) is 8.53. The molecule has 128 valence electrons. The number of aromatic nitrogens is 1. The number of aliphatic hydroxyl groups is 1. The maximum absolute atomic E-state index is 10.3. The van der Waals surface area contributed by atoms with Gasteiger partial charge in [0.1, 0.15) is 18.5 Å². The van der Waals surface area contributed by atoms with Crippen LogP contribution in [0.5, 0.6) is 5.75 Å². The van der Waals surface area contributed by atoms with E-state index in [1.165, 1.54) is 0 Å². The molecule has 1 aromatic heterocycles. The molecular weight excluding hydrogens is 302 g/mol. The lowest BCUT2D eigenvalue weighted by molar-refractivity contribution is -0.364. The van der Waals surface area contributed by atoms with Crippen molar-refractivity contribution in [1.82, 2.24) is 4.90 Å². The Morgan fingerprint density at radius 3 is 2.54 bits per heavy atom. The van der Waals surface area contributed by atoms with Gasteiger partial charge in [-0.3, -0.25) is 9.80 Å². The molecule has 0 amide bonds. The summed E-state index contributed by atoms with van der Waals surface area (Å²) in [6, 6.07) is 14.0. The van der Waals surface area contributed by atoms with E-state index in [4.69, 9.17) is 4.74 Å². The molecule has 1 aliphatic rings. The number of anilines is 1. The summed E-state index contributed by atoms with van der Waals surface area (Å²) in [6.45, 7) is 6.82. The van der Waals surface area contributed by atoms with Gasteiger partial charge in [0, 0.05) is 25.7 Å². The standard InChI is InChI=1S/C19H25N3O2/c1-16-6-2-3-7-18(16)24-15-17(23)14-21-10-12-22(13-11-21)19-8-4-5-9-20-19/h2-9,17,23H,10-15H2,1H3/p+1/t17-/m1/s1. The third kappa shape index (κ3) is 4.46. The van der Waals surface area contributed by atoms with Crippen molar-refractivity contribution in [2.75, 3.05) is 44.2 Å². The number of nitrogens with zero attached hydrogens (tertiary/aromatic N) is 2. The van der Waals surface area contributed by atoms with Crippen LogP contribution in [0.2, 0.25) is 0 Å². The van der Waals surface area contributed by atoms with Crippen LogP contribution in [0.3, 0.4) is 0 Å². The van der Waals surface area contributed by atoms with Gasteiger partial charge in [-0.1, -0.05) is 24.3 Å². The van der Waals surface area contributed by atoms with Crippen LogP contribution >= 0.6 is 0 Å². The van der Waals surface area contributed by atoms with Crippen LogP contribution in [-0.4, -0.2) is 55.4 Å². The Kier molecular flexibility index (Phi) is 5.67. The minimum Gasteiger partial charge on any atom is -0.491 e. The molecule has 1 atom stereocenters. The second-order valence-electron chi connectivity index (χ2n) is 6.27. The quantitative estimate of drug-likeness (QED) is 0.870. The van der Waals surface area contributed by atoms with Gasteiger partial charge in [0.15, 0.2) is 0 Å². The number of H-pyrrole nitrogens is 1. The summed E-state index contributed by atoms with van der Waals surface area (Å²) in [6.07, 6.45) is 1.48. The average molecular weight is 328 g/mol. The van der Waals surface area contributed by atoms with Crippen molar-refractivity contribution in [3.8, 4) is 5.75 Å². The Balaban J connectivity index is 1.42. The Morgan fingerprint density at radius 2 is 1.83 bits per heavy atom. The first-order chi connectivity index (χ1) is 11.7. The largest absolute Gasteiger partial charge is 0.491 e. The maximum Gasteiger partial charge on any atom is 0.274 e. The molecule has 0 saturated carbocycles. The topological polar surface area (TPSA) is 50.1 Å². The lowest BCUT2D eigenvalue weighted by atomic mass is 10.2. The number of piperazine rings is 1. The van der Waals surface area contributed by atoms with Gasteiger partial charge < -0.3 is 9.84 Å². The Morgan fingerprint density at radius 1 is 1.08 bits per heavy atom. The van der Waals surface area contributed by atoms with Crippen LogP contribution in [0, 0.1) is 6.92 Å². The second-order valence-corrected chi connectivity index (χ2v) is 6.27. The van der Waals surface area contributed by atoms with Crippen LogP contribution in [0.1, 0.15) is 5.56 Å². The van der Waals surface area contributed by atoms with Gasteiger partial charge in [0.05, 0.1) is 19.3 Å². The molecule has 2 heterocycles. The van der Waals surface area contributed by atoms with E-state index >= 15 is 0 Å². The molecule has 0 radical (unpaired) electrons. The molecule has 2 aromatic rings. The van der Waals surface area contributed by atoms with Gasteiger partial charge in [0.2, 0.25) is 0 Å². The number of aromatic amines is 1. The molecular formula is C19H26N3O2+. The molecule has 1 aliphatic heterocycles. The number of rotatable bonds is 6. The second kappa shape index (κ2) is 8.13. The molecule has 1 aromatic carbocycles. The van der Waals surface area contributed by atoms with Crippen molar-refractivity contribution in [2.24, 2.45) is 0 Å². The number of nitrogens with one attached hydrogen (secondary N) is 1. The Bertz CT molecular complexity index is 628. The van der Waals surface area contributed by atoms with Crippen molar-refractivity contribution >= 4 is 5.82 Å². The number of hydrogen-bond acceptors (Lipinski definition) is 4. The van der Waals surface area contributed by atoms with Gasteiger partial charge in [-0.15, -0.1) is 0 Å². The van der Waals surface area contributed by atoms with E-state index in [1.54, 1.807) is 0 Å². The number of aryl methyl sites for hydroxylation is 1. The van der Waals surface area contributed by atoms with Gasteiger partial charge in [-0.2, -0.15) is 0 Å². The maximum atomic E-state index is 10.3. The van der Waals surface area contributed by atoms with Crippen molar-refractivity contribution < 1.29 is 14.8 Å². The summed E-state index contributed by atoms with van der Waals surface area (Å²) in [5, 5.41) is 10.3. The van der Waals surface area contributed by atoms with Crippen LogP contribution < -0.4 is 14.6 Å². The van der Waals surface area contributed by atoms with Gasteiger partial charge in [0.25, 0.3) is 5.82 Å². The monoisotopic (exact) mass is 328 g/mol. The van der Waals surface area contributed by atoms with Crippen molar-refractivity contribution in [3.63, 3.8) is 0 Å². The normalized spacial score (nSPS) is 16.8. The third-order valence-electron chi connectivity index (χ3n) is 4.40. The molecule has 1 saturated heterocycles. The highest BCUT2D eigenvalue weighted by molar-refractivity contribution is 5.33. The minimum absolute atomic E-state index is 0.331. The first kappa shape index (κ1) is 16.7. The van der Waals surface area contributed by atoms with Crippen LogP contribution in [0.15, 0.2) is 48.7 Å². The van der Waals surface area contributed by atoms with Crippen LogP contribution in [0.25, 0.3) is 0 Å². The summed E-state index contributed by atoms with van der Waals surface area (Å²) < 4.78 is 5.74. The fourth-order valence-electron chi connectivity index (χ4n) is 3.01. The number of pyridine rings is 1. The third-order valence-corrected chi connectivity index (χ3v) is 4.40. The first-order valence-corrected chi connectivity index (χ1v) is 8.53. The molecule has 0 unspecified atom stereocenters. The summed E-state index contributed by atoms with van der Waals surface area (Å²) in [7, 11) is 0. The van der Waals surface area contributed by atoms with E-state index in [-0.39, 0.29) is 0 Å². The fourth-order valence-corrected chi connectivity index (χ4v) is 3.01. The predicted molar refractivity (Wildman–Crippen MR) is 94.3 cm³/mol. The number of hydrogen-bond donors (Lipinski definition) is 1. The van der Waals surface area contributed by atoms with Gasteiger partial charge in [-0.05, 0) is 24.6 Å². The highest BCUT2D eigenvalue weighted by Gasteiger charge is 2.24. The number of para-hydroxylation sites is 1. The SMILES string of the molecule is Cc1ccccc1OC[C@H](O)CN1CCN(c2cccc[nH+]2)CC1. The molecule has 5 nitrogen and oxygen atoms in total. The van der Waals surface area contributed by atoms with E-state index in [1.807, 2.05) is 49.5 Å². The molecule has 5 heteroatoms. The number of benzene rings is 1. The zero-order valence-electron chi connectivity index (χ0n) is 14.2. The van der Waals surface area contributed by atoms with Crippen LogP contribution in [0.4, 0.5) is 5.82 Å². The van der Waals surface area contributed by atoms with E-state index < -0.39 is 6.10 Å². The minimum atomic E-state index is -0.473. The molecule has 3 rings (SSSR count). The van der Waals surface area contributed by atoms with Crippen molar-refractivity contribution in [2.45, 2.75) is 13.0 Å². The average Bonchev–Trinajstić information content (AvgIpc) is 2.62. The fraction of sp³-hybridized carbons (Fsp3) is 0.421. The summed E-state index contributed by atoms with van der Waals surface area (Å²) in [4.78, 5) is 7.91. The lowest BCUT2D eigenvalue weighted by Crippen LogP contribution is -2.50. The van der Waals surface area contributed by atoms with Crippen molar-refractivity contribution in [1.29, 1.82) is 0 Å². The molecule has 24 heavy (non-hydrogen) atoms. The summed E-state index contributed by atoms with van der Waals surface area (Å²) in [5.41, 5.74) is 1.09. The van der Waals surface area contributed by atoms with E-state index in [9.17, 15) is 5.11 Å². The summed E-state index contributed by atoms with van der Waals surface area (Å²) >= 11 is 0. The smallest absolute Gasteiger partial charge is 0.274 e. The molecule has 2 N–H and O–H groups in total. The number of ether oxygens (including phenoxy) is 1. The van der Waals surface area contributed by atoms with E-state index in [0.717, 1.165) is 43.3 Å². The Labute approximate surface area is 143 Å². The van der Waals surface area contributed by atoms with Crippen LogP contribution in [-0.2, 0) is 0 Å². The zero-order valence-corrected chi connectivity index (χ0v) is 14.2. The number of β-amino-alcohol motifs (C(OH)–C–C–N with tert-alkyl or cyclic N) is 1. The highest BCUT2D eigenvalue weighted by Crippen LogP contribution is 2.16. The van der Waals surface area contributed by atoms with E-state index in [0.29, 0.717) is 13.2 Å².